The summed E-state index contributed by atoms with van der Waals surface area (Å²) in [5, 5.41) is 3.94. The van der Waals surface area contributed by atoms with E-state index in [0.717, 1.165) is 21.2 Å². The highest BCUT2D eigenvalue weighted by Crippen LogP contribution is 2.36. The molecule has 0 spiro atoms. The molecule has 130 valence electrons. The fraction of sp³-hybridized carbons (Fsp3) is 0.222. The third kappa shape index (κ3) is 4.51. The van der Waals surface area contributed by atoms with E-state index in [1.807, 2.05) is 32.0 Å². The Morgan fingerprint density at radius 3 is 2.60 bits per heavy atom. The summed E-state index contributed by atoms with van der Waals surface area (Å²) in [5.41, 5.74) is 5.37. The van der Waals surface area contributed by atoms with Gasteiger partial charge in [-0.2, -0.15) is 5.10 Å². The Morgan fingerprint density at radius 1 is 1.20 bits per heavy atom. The van der Waals surface area contributed by atoms with E-state index in [0.29, 0.717) is 17.2 Å². The summed E-state index contributed by atoms with van der Waals surface area (Å²) < 4.78 is 16.9. The minimum absolute atomic E-state index is 0.109. The lowest BCUT2D eigenvalue weighted by atomic mass is 10.1. The van der Waals surface area contributed by atoms with E-state index in [1.165, 1.54) is 6.21 Å². The lowest BCUT2D eigenvalue weighted by Gasteiger charge is -2.07. The predicted molar refractivity (Wildman–Crippen MR) is 97.4 cm³/mol. The molecule has 0 saturated heterocycles. The van der Waals surface area contributed by atoms with E-state index >= 15 is 0 Å². The van der Waals surface area contributed by atoms with Gasteiger partial charge in [-0.05, 0) is 65.2 Å². The number of ether oxygens (including phenoxy) is 3. The van der Waals surface area contributed by atoms with Gasteiger partial charge in [0.1, 0.15) is 5.75 Å². The SMILES string of the molecule is Cc1cc(C)cc(OCC(=O)N/N=C\c2cc3c(cc2Br)OCO3)c1. The van der Waals surface area contributed by atoms with Crippen LogP contribution in [0.2, 0.25) is 0 Å². The molecule has 0 aromatic heterocycles. The molecule has 1 aliphatic rings. The van der Waals surface area contributed by atoms with Gasteiger partial charge in [-0.3, -0.25) is 4.79 Å². The summed E-state index contributed by atoms with van der Waals surface area (Å²) in [7, 11) is 0. The van der Waals surface area contributed by atoms with Crippen LogP contribution in [0.1, 0.15) is 16.7 Å². The van der Waals surface area contributed by atoms with E-state index in [1.54, 1.807) is 12.1 Å². The molecule has 1 amide bonds. The molecule has 1 heterocycles. The maximum absolute atomic E-state index is 11.8. The van der Waals surface area contributed by atoms with Gasteiger partial charge in [-0.25, -0.2) is 5.43 Å². The molecule has 0 bridgehead atoms. The van der Waals surface area contributed by atoms with Crippen LogP contribution in [0.5, 0.6) is 17.2 Å². The number of fused-ring (bicyclic) bond motifs is 1. The Labute approximate surface area is 153 Å². The Balaban J connectivity index is 1.54. The van der Waals surface area contributed by atoms with Gasteiger partial charge in [-0.1, -0.05) is 6.07 Å². The van der Waals surface area contributed by atoms with E-state index in [9.17, 15) is 4.79 Å². The first-order chi connectivity index (χ1) is 12.0. The van der Waals surface area contributed by atoms with Crippen LogP contribution in [-0.2, 0) is 4.79 Å². The number of rotatable bonds is 5. The fourth-order valence-corrected chi connectivity index (χ4v) is 2.83. The highest BCUT2D eigenvalue weighted by Gasteiger charge is 2.15. The molecule has 0 aliphatic carbocycles. The van der Waals surface area contributed by atoms with E-state index in [4.69, 9.17) is 14.2 Å². The Morgan fingerprint density at radius 2 is 1.88 bits per heavy atom. The van der Waals surface area contributed by atoms with Crippen molar-refractivity contribution < 1.29 is 19.0 Å². The standard InChI is InChI=1S/C18H17BrN2O4/c1-11-3-12(2)5-14(4-11)23-9-18(22)21-20-8-13-6-16-17(7-15(13)19)25-10-24-16/h3-8H,9-10H2,1-2H3,(H,21,22)/b20-8-. The van der Waals surface area contributed by atoms with Crippen molar-refractivity contribution in [3.8, 4) is 17.2 Å². The highest BCUT2D eigenvalue weighted by atomic mass is 79.9. The summed E-state index contributed by atoms with van der Waals surface area (Å²) >= 11 is 3.43. The number of amides is 1. The number of carbonyl (C=O) groups is 1. The second kappa shape index (κ2) is 7.57. The van der Waals surface area contributed by atoms with Crippen LogP contribution in [0.25, 0.3) is 0 Å². The molecule has 0 atom stereocenters. The minimum Gasteiger partial charge on any atom is -0.484 e. The summed E-state index contributed by atoms with van der Waals surface area (Å²) in [6.07, 6.45) is 1.53. The van der Waals surface area contributed by atoms with Gasteiger partial charge in [0.2, 0.25) is 6.79 Å². The summed E-state index contributed by atoms with van der Waals surface area (Å²) in [6, 6.07) is 9.39. The van der Waals surface area contributed by atoms with Crippen LogP contribution < -0.4 is 19.6 Å². The Bertz CT molecular complexity index is 816. The van der Waals surface area contributed by atoms with Crippen molar-refractivity contribution in [2.24, 2.45) is 5.10 Å². The number of nitrogens with one attached hydrogen (secondary N) is 1. The van der Waals surface area contributed by atoms with E-state index in [2.05, 4.69) is 26.5 Å². The molecule has 0 radical (unpaired) electrons. The zero-order valence-corrected chi connectivity index (χ0v) is 15.4. The van der Waals surface area contributed by atoms with Crippen molar-refractivity contribution >= 4 is 28.1 Å². The van der Waals surface area contributed by atoms with Crippen LogP contribution in [-0.4, -0.2) is 25.5 Å². The number of nitrogens with zero attached hydrogens (tertiary/aromatic N) is 1. The molecule has 2 aromatic carbocycles. The molecule has 25 heavy (non-hydrogen) atoms. The van der Waals surface area contributed by atoms with Gasteiger partial charge in [0.05, 0.1) is 6.21 Å². The molecule has 1 N–H and O–H groups in total. The summed E-state index contributed by atoms with van der Waals surface area (Å²) in [5.74, 6) is 1.64. The molecular formula is C18H17BrN2O4. The van der Waals surface area contributed by atoms with Gasteiger partial charge >= 0.3 is 0 Å². The topological polar surface area (TPSA) is 69.2 Å². The number of hydrazone groups is 1. The van der Waals surface area contributed by atoms with Crippen LogP contribution in [0.15, 0.2) is 39.9 Å². The third-order valence-corrected chi connectivity index (χ3v) is 4.14. The monoisotopic (exact) mass is 404 g/mol. The normalized spacial score (nSPS) is 12.4. The van der Waals surface area contributed by atoms with Crippen molar-refractivity contribution in [2.45, 2.75) is 13.8 Å². The zero-order valence-electron chi connectivity index (χ0n) is 13.8. The highest BCUT2D eigenvalue weighted by molar-refractivity contribution is 9.10. The number of hydrogen-bond acceptors (Lipinski definition) is 5. The quantitative estimate of drug-likeness (QED) is 0.612. The summed E-state index contributed by atoms with van der Waals surface area (Å²) in [4.78, 5) is 11.8. The minimum atomic E-state index is -0.340. The number of halogens is 1. The van der Waals surface area contributed by atoms with Crippen molar-refractivity contribution in [3.63, 3.8) is 0 Å². The second-order valence-corrected chi connectivity index (χ2v) is 6.49. The van der Waals surface area contributed by atoms with E-state index < -0.39 is 0 Å². The van der Waals surface area contributed by atoms with Gasteiger partial charge in [0, 0.05) is 10.0 Å². The maximum atomic E-state index is 11.8. The molecule has 1 aliphatic heterocycles. The number of benzene rings is 2. The van der Waals surface area contributed by atoms with Gasteiger partial charge in [0.15, 0.2) is 18.1 Å². The largest absolute Gasteiger partial charge is 0.484 e. The number of hydrogen-bond donors (Lipinski definition) is 1. The molecule has 0 unspecified atom stereocenters. The van der Waals surface area contributed by atoms with Gasteiger partial charge in [0.25, 0.3) is 5.91 Å². The molecule has 2 aromatic rings. The van der Waals surface area contributed by atoms with E-state index in [-0.39, 0.29) is 19.3 Å². The smallest absolute Gasteiger partial charge is 0.277 e. The second-order valence-electron chi connectivity index (χ2n) is 5.63. The number of carbonyl (C=O) groups excluding carboxylic acids is 1. The molecule has 7 heteroatoms. The maximum Gasteiger partial charge on any atom is 0.277 e. The Kier molecular flexibility index (Phi) is 5.23. The third-order valence-electron chi connectivity index (χ3n) is 3.45. The van der Waals surface area contributed by atoms with Crippen molar-refractivity contribution in [2.75, 3.05) is 13.4 Å². The Hall–Kier alpha value is -2.54. The lowest BCUT2D eigenvalue weighted by Crippen LogP contribution is -2.24. The number of aryl methyl sites for hydroxylation is 2. The molecule has 3 rings (SSSR count). The first-order valence-electron chi connectivity index (χ1n) is 7.63. The van der Waals surface area contributed by atoms with Crippen molar-refractivity contribution in [1.29, 1.82) is 0 Å². The fourth-order valence-electron chi connectivity index (χ4n) is 2.40. The molecular weight excluding hydrogens is 388 g/mol. The average molecular weight is 405 g/mol. The van der Waals surface area contributed by atoms with Crippen molar-refractivity contribution in [1.82, 2.24) is 5.43 Å². The van der Waals surface area contributed by atoms with Crippen LogP contribution >= 0.6 is 15.9 Å². The van der Waals surface area contributed by atoms with Crippen LogP contribution in [0, 0.1) is 13.8 Å². The molecule has 6 nitrogen and oxygen atoms in total. The first kappa shape index (κ1) is 17.3. The first-order valence-corrected chi connectivity index (χ1v) is 8.43. The average Bonchev–Trinajstić information content (AvgIpc) is 2.99. The van der Waals surface area contributed by atoms with Gasteiger partial charge < -0.3 is 14.2 Å². The zero-order chi connectivity index (χ0) is 17.8. The van der Waals surface area contributed by atoms with Gasteiger partial charge in [-0.15, -0.1) is 0 Å². The van der Waals surface area contributed by atoms with Crippen molar-refractivity contribution in [3.05, 3.63) is 51.5 Å². The lowest BCUT2D eigenvalue weighted by molar-refractivity contribution is -0.123. The predicted octanol–water partition coefficient (Wildman–Crippen LogP) is 3.32. The molecule has 0 saturated carbocycles. The van der Waals surface area contributed by atoms with Crippen LogP contribution in [0.4, 0.5) is 0 Å². The summed E-state index contributed by atoms with van der Waals surface area (Å²) in [6.45, 7) is 4.05. The molecule has 0 fully saturated rings. The van der Waals surface area contributed by atoms with Crippen LogP contribution in [0.3, 0.4) is 0 Å².